The Balaban J connectivity index is 1.54. The second-order valence-electron chi connectivity index (χ2n) is 5.67. The van der Waals surface area contributed by atoms with E-state index < -0.39 is 0 Å². The number of aromatic amines is 1. The van der Waals surface area contributed by atoms with Gasteiger partial charge in [-0.05, 0) is 31.8 Å². The molecule has 0 saturated carbocycles. The number of likely N-dealkylation sites (tertiary alicyclic amines) is 1. The zero-order valence-electron chi connectivity index (χ0n) is 12.0. The van der Waals surface area contributed by atoms with Crippen molar-refractivity contribution in [2.75, 3.05) is 31.5 Å². The second-order valence-corrected chi connectivity index (χ2v) is 5.67. The van der Waals surface area contributed by atoms with Gasteiger partial charge in [-0.25, -0.2) is 15.0 Å². The predicted octanol–water partition coefficient (Wildman–Crippen LogP) is 1.89. The molecule has 2 aromatic heterocycles. The Bertz CT molecular complexity index is 545. The average molecular weight is 274 g/mol. The fraction of sp³-hybridized carbons (Fsp3) is 0.643. The molecule has 3 rings (SSSR count). The Morgan fingerprint density at radius 2 is 2.10 bits per heavy atom. The van der Waals surface area contributed by atoms with E-state index in [0.29, 0.717) is 11.6 Å². The summed E-state index contributed by atoms with van der Waals surface area (Å²) in [6.45, 7) is 6.87. The molecule has 6 nitrogen and oxygen atoms in total. The van der Waals surface area contributed by atoms with Crippen molar-refractivity contribution in [3.63, 3.8) is 0 Å². The van der Waals surface area contributed by atoms with E-state index >= 15 is 0 Å². The molecule has 0 radical (unpaired) electrons. The molecule has 20 heavy (non-hydrogen) atoms. The standard InChI is InChI=1S/C14H22N6/c1-11(8-20-5-3-2-4-6-20)7-15-13-12-14(17-9-16-12)19-10-18-13/h9-11H,2-8H2,1H3,(H2,15,16,17,18,19). The summed E-state index contributed by atoms with van der Waals surface area (Å²) in [6.07, 6.45) is 7.30. The molecule has 0 aromatic carbocycles. The van der Waals surface area contributed by atoms with Crippen molar-refractivity contribution in [1.29, 1.82) is 0 Å². The van der Waals surface area contributed by atoms with Crippen molar-refractivity contribution < 1.29 is 0 Å². The molecule has 1 aliphatic rings. The van der Waals surface area contributed by atoms with Gasteiger partial charge in [-0.3, -0.25) is 0 Å². The molecular formula is C14H22N6. The summed E-state index contributed by atoms with van der Waals surface area (Å²) in [4.78, 5) is 18.2. The van der Waals surface area contributed by atoms with Gasteiger partial charge in [0.25, 0.3) is 0 Å². The first-order valence-electron chi connectivity index (χ1n) is 7.43. The number of fused-ring (bicyclic) bond motifs is 1. The normalized spacial score (nSPS) is 18.2. The number of H-pyrrole nitrogens is 1. The Morgan fingerprint density at radius 3 is 2.95 bits per heavy atom. The quantitative estimate of drug-likeness (QED) is 0.871. The smallest absolute Gasteiger partial charge is 0.182 e. The maximum Gasteiger partial charge on any atom is 0.182 e. The highest BCUT2D eigenvalue weighted by Crippen LogP contribution is 2.15. The van der Waals surface area contributed by atoms with Gasteiger partial charge in [0.15, 0.2) is 11.5 Å². The SMILES string of the molecule is CC(CNc1ncnc2nc[nH]c12)CN1CCCCC1. The van der Waals surface area contributed by atoms with Gasteiger partial charge >= 0.3 is 0 Å². The summed E-state index contributed by atoms with van der Waals surface area (Å²) < 4.78 is 0. The van der Waals surface area contributed by atoms with Gasteiger partial charge < -0.3 is 15.2 Å². The molecular weight excluding hydrogens is 252 g/mol. The number of nitrogens with zero attached hydrogens (tertiary/aromatic N) is 4. The summed E-state index contributed by atoms with van der Waals surface area (Å²) in [5.74, 6) is 1.44. The number of hydrogen-bond acceptors (Lipinski definition) is 5. The third kappa shape index (κ3) is 3.07. The van der Waals surface area contributed by atoms with Crippen molar-refractivity contribution >= 4 is 17.0 Å². The molecule has 2 N–H and O–H groups in total. The maximum atomic E-state index is 4.29. The highest BCUT2D eigenvalue weighted by molar-refractivity contribution is 5.81. The summed E-state index contributed by atoms with van der Waals surface area (Å²) in [7, 11) is 0. The molecule has 0 aliphatic carbocycles. The fourth-order valence-corrected chi connectivity index (χ4v) is 2.82. The number of hydrogen-bond donors (Lipinski definition) is 2. The Labute approximate surface area is 119 Å². The van der Waals surface area contributed by atoms with Crippen LogP contribution in [0.3, 0.4) is 0 Å². The fourth-order valence-electron chi connectivity index (χ4n) is 2.82. The second kappa shape index (κ2) is 6.17. The van der Waals surface area contributed by atoms with Crippen molar-refractivity contribution in [3.8, 4) is 0 Å². The van der Waals surface area contributed by atoms with Crippen molar-refractivity contribution in [3.05, 3.63) is 12.7 Å². The molecule has 1 unspecified atom stereocenters. The van der Waals surface area contributed by atoms with E-state index in [2.05, 4.69) is 37.1 Å². The van der Waals surface area contributed by atoms with Crippen LogP contribution in [0.2, 0.25) is 0 Å². The van der Waals surface area contributed by atoms with E-state index in [9.17, 15) is 0 Å². The first-order valence-corrected chi connectivity index (χ1v) is 7.43. The van der Waals surface area contributed by atoms with Gasteiger partial charge in [-0.15, -0.1) is 0 Å². The Kier molecular flexibility index (Phi) is 4.11. The Morgan fingerprint density at radius 1 is 1.25 bits per heavy atom. The number of aromatic nitrogens is 4. The summed E-state index contributed by atoms with van der Waals surface area (Å²) in [5.41, 5.74) is 1.60. The third-order valence-corrected chi connectivity index (χ3v) is 3.86. The zero-order chi connectivity index (χ0) is 13.8. The minimum Gasteiger partial charge on any atom is -0.368 e. The highest BCUT2D eigenvalue weighted by atomic mass is 15.1. The number of anilines is 1. The zero-order valence-corrected chi connectivity index (χ0v) is 12.0. The van der Waals surface area contributed by atoms with Gasteiger partial charge in [0, 0.05) is 13.1 Å². The van der Waals surface area contributed by atoms with E-state index in [1.165, 1.54) is 32.4 Å². The first kappa shape index (κ1) is 13.3. The van der Waals surface area contributed by atoms with Crippen molar-refractivity contribution in [2.45, 2.75) is 26.2 Å². The van der Waals surface area contributed by atoms with Gasteiger partial charge in [0.1, 0.15) is 11.8 Å². The lowest BCUT2D eigenvalue weighted by Gasteiger charge is -2.29. The summed E-state index contributed by atoms with van der Waals surface area (Å²) >= 11 is 0. The number of imidazole rings is 1. The minimum atomic E-state index is 0.598. The first-order chi connectivity index (χ1) is 9.83. The van der Waals surface area contributed by atoms with E-state index in [1.807, 2.05) is 0 Å². The van der Waals surface area contributed by atoms with Gasteiger partial charge in [0.05, 0.1) is 6.33 Å². The van der Waals surface area contributed by atoms with Crippen molar-refractivity contribution in [1.82, 2.24) is 24.8 Å². The number of rotatable bonds is 5. The number of piperidine rings is 1. The van der Waals surface area contributed by atoms with Crippen molar-refractivity contribution in [2.24, 2.45) is 5.92 Å². The predicted molar refractivity (Wildman–Crippen MR) is 79.6 cm³/mol. The van der Waals surface area contributed by atoms with E-state index in [-0.39, 0.29) is 0 Å². The van der Waals surface area contributed by atoms with Gasteiger partial charge in [-0.2, -0.15) is 0 Å². The molecule has 1 fully saturated rings. The summed E-state index contributed by atoms with van der Waals surface area (Å²) in [6, 6.07) is 0. The van der Waals surface area contributed by atoms with Crippen LogP contribution in [0.15, 0.2) is 12.7 Å². The lowest BCUT2D eigenvalue weighted by molar-refractivity contribution is 0.204. The minimum absolute atomic E-state index is 0.598. The van der Waals surface area contributed by atoms with Crippen LogP contribution in [0.25, 0.3) is 11.2 Å². The van der Waals surface area contributed by atoms with Crippen LogP contribution in [-0.4, -0.2) is 51.0 Å². The molecule has 108 valence electrons. The van der Waals surface area contributed by atoms with Crippen LogP contribution in [0.1, 0.15) is 26.2 Å². The molecule has 0 spiro atoms. The highest BCUT2D eigenvalue weighted by Gasteiger charge is 2.14. The van der Waals surface area contributed by atoms with Crippen LogP contribution in [-0.2, 0) is 0 Å². The van der Waals surface area contributed by atoms with Crippen LogP contribution in [0.4, 0.5) is 5.82 Å². The lowest BCUT2D eigenvalue weighted by atomic mass is 10.1. The molecule has 3 heterocycles. The topological polar surface area (TPSA) is 69.7 Å². The molecule has 1 aliphatic heterocycles. The van der Waals surface area contributed by atoms with Gasteiger partial charge in [0.2, 0.25) is 0 Å². The maximum absolute atomic E-state index is 4.29. The molecule has 6 heteroatoms. The number of nitrogens with one attached hydrogen (secondary N) is 2. The van der Waals surface area contributed by atoms with E-state index in [4.69, 9.17) is 0 Å². The molecule has 1 saturated heterocycles. The van der Waals surface area contributed by atoms with Gasteiger partial charge in [-0.1, -0.05) is 13.3 Å². The van der Waals surface area contributed by atoms with E-state index in [0.717, 1.165) is 24.4 Å². The Hall–Kier alpha value is -1.69. The molecule has 2 aromatic rings. The van der Waals surface area contributed by atoms with Crippen LogP contribution in [0.5, 0.6) is 0 Å². The van der Waals surface area contributed by atoms with Crippen LogP contribution in [0, 0.1) is 5.92 Å². The average Bonchev–Trinajstić information content (AvgIpc) is 2.95. The summed E-state index contributed by atoms with van der Waals surface area (Å²) in [5, 5.41) is 3.41. The molecule has 0 amide bonds. The monoisotopic (exact) mass is 274 g/mol. The van der Waals surface area contributed by atoms with Crippen LogP contribution >= 0.6 is 0 Å². The largest absolute Gasteiger partial charge is 0.368 e. The molecule has 0 bridgehead atoms. The lowest BCUT2D eigenvalue weighted by Crippen LogP contribution is -2.35. The van der Waals surface area contributed by atoms with E-state index in [1.54, 1.807) is 12.7 Å². The van der Waals surface area contributed by atoms with Crippen LogP contribution < -0.4 is 5.32 Å². The molecule has 1 atom stereocenters. The third-order valence-electron chi connectivity index (χ3n) is 3.86.